The molecule has 3 aliphatic rings. The number of nitrogens with one attached hydrogen (secondary N) is 1. The maximum Gasteiger partial charge on any atom is 0.123 e. The zero-order valence-electron chi connectivity index (χ0n) is 10.5. The smallest absolute Gasteiger partial charge is 0.123 e. The minimum atomic E-state index is -0.0862. The Bertz CT molecular complexity index is 462. The average molecular weight is 246 g/mol. The van der Waals surface area contributed by atoms with Gasteiger partial charge < -0.3 is 5.32 Å². The Hall–Kier alpha value is -0.930. The van der Waals surface area contributed by atoms with Gasteiger partial charge in [-0.25, -0.2) is 4.39 Å². The lowest BCUT2D eigenvalue weighted by atomic mass is 10.0. The van der Waals surface area contributed by atoms with Crippen molar-refractivity contribution in [3.63, 3.8) is 0 Å². The first-order chi connectivity index (χ1) is 8.81. The molecule has 1 aromatic carbocycles. The Morgan fingerprint density at radius 2 is 1.94 bits per heavy atom. The number of hydrogen-bond acceptors (Lipinski definition) is 2. The van der Waals surface area contributed by atoms with Gasteiger partial charge in [0.05, 0.1) is 0 Å². The number of aryl methyl sites for hydroxylation is 1. The van der Waals surface area contributed by atoms with E-state index in [1.54, 1.807) is 12.1 Å². The lowest BCUT2D eigenvalue weighted by molar-refractivity contribution is 0.228. The number of likely N-dealkylation sites (tertiary alicyclic amines) is 1. The fraction of sp³-hybridized carbons (Fsp3) is 0.600. The van der Waals surface area contributed by atoms with Crippen LogP contribution in [0.25, 0.3) is 0 Å². The number of nitrogens with zero attached hydrogens (tertiary/aromatic N) is 1. The van der Waals surface area contributed by atoms with Crippen LogP contribution in [0.15, 0.2) is 18.2 Å². The fourth-order valence-corrected chi connectivity index (χ4v) is 4.09. The Morgan fingerprint density at radius 1 is 1.17 bits per heavy atom. The van der Waals surface area contributed by atoms with Crippen molar-refractivity contribution in [1.82, 2.24) is 10.2 Å². The van der Waals surface area contributed by atoms with Crippen LogP contribution in [0.4, 0.5) is 4.39 Å². The molecule has 1 aromatic rings. The van der Waals surface area contributed by atoms with Crippen LogP contribution in [-0.4, -0.2) is 31.1 Å². The average Bonchev–Trinajstić information content (AvgIpc) is 2.98. The van der Waals surface area contributed by atoms with E-state index in [2.05, 4.69) is 10.2 Å². The molecule has 1 N–H and O–H groups in total. The van der Waals surface area contributed by atoms with Crippen LogP contribution < -0.4 is 5.32 Å². The molecule has 3 atom stereocenters. The number of benzene rings is 1. The van der Waals surface area contributed by atoms with Crippen molar-refractivity contribution >= 4 is 0 Å². The van der Waals surface area contributed by atoms with E-state index in [0.29, 0.717) is 6.04 Å². The molecule has 0 saturated carbocycles. The molecular weight excluding hydrogens is 227 g/mol. The van der Waals surface area contributed by atoms with Gasteiger partial charge in [0.1, 0.15) is 5.82 Å². The summed E-state index contributed by atoms with van der Waals surface area (Å²) in [7, 11) is 0. The first kappa shape index (κ1) is 10.9. The second kappa shape index (κ2) is 4.04. The van der Waals surface area contributed by atoms with E-state index >= 15 is 0 Å². The van der Waals surface area contributed by atoms with Crippen LogP contribution in [0.1, 0.15) is 23.6 Å². The van der Waals surface area contributed by atoms with E-state index in [1.807, 2.05) is 6.07 Å². The van der Waals surface area contributed by atoms with Crippen molar-refractivity contribution in [2.45, 2.75) is 18.9 Å². The van der Waals surface area contributed by atoms with Gasteiger partial charge in [0.2, 0.25) is 0 Å². The van der Waals surface area contributed by atoms with Crippen molar-refractivity contribution in [3.05, 3.63) is 35.1 Å². The van der Waals surface area contributed by atoms with Gasteiger partial charge in [0.25, 0.3) is 0 Å². The molecule has 0 bridgehead atoms. The van der Waals surface area contributed by atoms with Gasteiger partial charge in [-0.1, -0.05) is 6.07 Å². The molecule has 2 saturated heterocycles. The largest absolute Gasteiger partial charge is 0.316 e. The third-order valence-electron chi connectivity index (χ3n) is 5.01. The van der Waals surface area contributed by atoms with Crippen LogP contribution in [-0.2, 0) is 6.42 Å². The zero-order chi connectivity index (χ0) is 12.1. The molecule has 0 radical (unpaired) electrons. The van der Waals surface area contributed by atoms with E-state index in [0.717, 1.165) is 18.3 Å². The summed E-state index contributed by atoms with van der Waals surface area (Å²) in [5, 5.41) is 3.49. The van der Waals surface area contributed by atoms with E-state index in [4.69, 9.17) is 0 Å². The molecule has 2 aliphatic heterocycles. The van der Waals surface area contributed by atoms with Gasteiger partial charge in [0, 0.05) is 19.1 Å². The Labute approximate surface area is 107 Å². The van der Waals surface area contributed by atoms with Crippen molar-refractivity contribution in [1.29, 1.82) is 0 Å². The van der Waals surface area contributed by atoms with E-state index in [-0.39, 0.29) is 5.82 Å². The second-order valence-corrected chi connectivity index (χ2v) is 6.03. The molecule has 96 valence electrons. The summed E-state index contributed by atoms with van der Waals surface area (Å²) < 4.78 is 13.2. The molecule has 4 rings (SSSR count). The topological polar surface area (TPSA) is 15.3 Å². The summed E-state index contributed by atoms with van der Waals surface area (Å²) in [4.78, 5) is 2.64. The predicted molar refractivity (Wildman–Crippen MR) is 68.9 cm³/mol. The molecule has 3 heteroatoms. The van der Waals surface area contributed by atoms with Crippen LogP contribution in [0, 0.1) is 17.7 Å². The van der Waals surface area contributed by atoms with Gasteiger partial charge in [-0.15, -0.1) is 0 Å². The highest BCUT2D eigenvalue weighted by Crippen LogP contribution is 2.40. The molecular formula is C15H19FN2. The molecule has 1 aliphatic carbocycles. The summed E-state index contributed by atoms with van der Waals surface area (Å²) in [5.41, 5.74) is 2.61. The Kier molecular flexibility index (Phi) is 2.45. The van der Waals surface area contributed by atoms with E-state index < -0.39 is 0 Å². The minimum Gasteiger partial charge on any atom is -0.316 e. The molecule has 2 fully saturated rings. The van der Waals surface area contributed by atoms with Crippen LogP contribution in [0.5, 0.6) is 0 Å². The normalized spacial score (nSPS) is 34.8. The standard InChI is InChI=1S/C15H19FN2/c16-13-2-3-14-10(5-13)1-4-15(14)18-8-11-6-17-7-12(11)9-18/h2-3,5,11-12,15,17H,1,4,6-9H2. The third-order valence-corrected chi connectivity index (χ3v) is 5.01. The molecule has 2 heterocycles. The maximum atomic E-state index is 13.2. The summed E-state index contributed by atoms with van der Waals surface area (Å²) in [6.45, 7) is 4.81. The second-order valence-electron chi connectivity index (χ2n) is 6.03. The highest BCUT2D eigenvalue weighted by atomic mass is 19.1. The summed E-state index contributed by atoms with van der Waals surface area (Å²) in [5.74, 6) is 1.60. The van der Waals surface area contributed by atoms with Crippen molar-refractivity contribution < 1.29 is 4.39 Å². The maximum absolute atomic E-state index is 13.2. The van der Waals surface area contributed by atoms with Crippen molar-refractivity contribution in [2.75, 3.05) is 26.2 Å². The first-order valence-corrected chi connectivity index (χ1v) is 7.04. The Balaban J connectivity index is 1.58. The fourth-order valence-electron chi connectivity index (χ4n) is 4.09. The van der Waals surface area contributed by atoms with E-state index in [9.17, 15) is 4.39 Å². The number of halogens is 1. The van der Waals surface area contributed by atoms with Gasteiger partial charge in [-0.3, -0.25) is 4.90 Å². The van der Waals surface area contributed by atoms with Crippen LogP contribution in [0.3, 0.4) is 0 Å². The lowest BCUT2D eigenvalue weighted by Crippen LogP contribution is -2.28. The van der Waals surface area contributed by atoms with Gasteiger partial charge in [-0.2, -0.15) is 0 Å². The SMILES string of the molecule is Fc1ccc2c(c1)CCC2N1CC2CNCC2C1. The van der Waals surface area contributed by atoms with Crippen LogP contribution in [0.2, 0.25) is 0 Å². The summed E-state index contributed by atoms with van der Waals surface area (Å²) in [6, 6.07) is 5.91. The van der Waals surface area contributed by atoms with Gasteiger partial charge in [-0.05, 0) is 61.0 Å². The van der Waals surface area contributed by atoms with Crippen LogP contribution >= 0.6 is 0 Å². The highest BCUT2D eigenvalue weighted by Gasteiger charge is 2.40. The Morgan fingerprint density at radius 3 is 2.72 bits per heavy atom. The number of fused-ring (bicyclic) bond motifs is 2. The minimum absolute atomic E-state index is 0.0862. The zero-order valence-corrected chi connectivity index (χ0v) is 10.5. The third kappa shape index (κ3) is 1.61. The summed E-state index contributed by atoms with van der Waals surface area (Å²) in [6.07, 6.45) is 2.22. The van der Waals surface area contributed by atoms with Gasteiger partial charge in [0.15, 0.2) is 0 Å². The summed E-state index contributed by atoms with van der Waals surface area (Å²) >= 11 is 0. The van der Waals surface area contributed by atoms with E-state index in [1.165, 1.54) is 43.7 Å². The molecule has 0 aromatic heterocycles. The molecule has 2 nitrogen and oxygen atoms in total. The monoisotopic (exact) mass is 246 g/mol. The molecule has 0 spiro atoms. The van der Waals surface area contributed by atoms with Gasteiger partial charge >= 0.3 is 0 Å². The molecule has 3 unspecified atom stereocenters. The van der Waals surface area contributed by atoms with Crippen molar-refractivity contribution in [2.24, 2.45) is 11.8 Å². The van der Waals surface area contributed by atoms with Crippen molar-refractivity contribution in [3.8, 4) is 0 Å². The number of hydrogen-bond donors (Lipinski definition) is 1. The highest BCUT2D eigenvalue weighted by molar-refractivity contribution is 5.35. The first-order valence-electron chi connectivity index (χ1n) is 7.04. The molecule has 18 heavy (non-hydrogen) atoms. The molecule has 0 amide bonds. The lowest BCUT2D eigenvalue weighted by Gasteiger charge is -2.25. The quantitative estimate of drug-likeness (QED) is 0.815. The predicted octanol–water partition coefficient (Wildman–Crippen LogP) is 1.96. The number of rotatable bonds is 1.